The number of nitrogens with one attached hydrogen (secondary N) is 1. The topological polar surface area (TPSA) is 79.3 Å². The van der Waals surface area contributed by atoms with E-state index in [2.05, 4.69) is 25.6 Å². The first kappa shape index (κ1) is 14.9. The highest BCUT2D eigenvalue weighted by Crippen LogP contribution is 2.24. The van der Waals surface area contributed by atoms with Crippen molar-refractivity contribution in [2.75, 3.05) is 4.72 Å². The molecule has 106 valence electrons. The maximum absolute atomic E-state index is 13.7. The van der Waals surface area contributed by atoms with Gasteiger partial charge in [-0.15, -0.1) is 0 Å². The Morgan fingerprint density at radius 3 is 2.75 bits per heavy atom. The lowest BCUT2D eigenvalue weighted by molar-refractivity contribution is 0.281. The first-order valence-electron chi connectivity index (χ1n) is 5.46. The van der Waals surface area contributed by atoms with Crippen LogP contribution in [0.5, 0.6) is 0 Å². The lowest BCUT2D eigenvalue weighted by Gasteiger charge is -2.10. The Bertz CT molecular complexity index is 737. The molecule has 0 aliphatic heterocycles. The highest BCUT2D eigenvalue weighted by atomic mass is 79.9. The molecule has 2 aromatic rings. The number of aromatic nitrogens is 1. The number of sulfonamides is 1. The van der Waals surface area contributed by atoms with Gasteiger partial charge < -0.3 is 5.11 Å². The van der Waals surface area contributed by atoms with Crippen molar-refractivity contribution >= 4 is 31.8 Å². The summed E-state index contributed by atoms with van der Waals surface area (Å²) in [6.45, 7) is -0.379. The standard InChI is InChI=1S/C12H10BrFN2O3S/c13-9-2-1-5-15-12(9)16-20(18,19)11-6-8(7-17)3-4-10(11)14/h1-6,17H,7H2,(H,15,16). The zero-order chi connectivity index (χ0) is 14.8. The van der Waals surface area contributed by atoms with E-state index in [-0.39, 0.29) is 12.4 Å². The first-order valence-corrected chi connectivity index (χ1v) is 7.74. The molecule has 0 spiro atoms. The van der Waals surface area contributed by atoms with E-state index in [0.29, 0.717) is 10.0 Å². The molecule has 0 saturated heterocycles. The number of nitrogens with zero attached hydrogens (tertiary/aromatic N) is 1. The number of hydrogen-bond acceptors (Lipinski definition) is 4. The van der Waals surface area contributed by atoms with Crippen LogP contribution in [-0.4, -0.2) is 18.5 Å². The molecule has 0 radical (unpaired) electrons. The van der Waals surface area contributed by atoms with Crippen molar-refractivity contribution in [3.63, 3.8) is 0 Å². The third-order valence-corrected chi connectivity index (χ3v) is 4.45. The Balaban J connectivity index is 2.43. The monoisotopic (exact) mass is 360 g/mol. The van der Waals surface area contributed by atoms with E-state index in [1.807, 2.05) is 0 Å². The van der Waals surface area contributed by atoms with Crippen LogP contribution in [0.1, 0.15) is 5.56 Å². The molecule has 0 aliphatic carbocycles. The predicted molar refractivity (Wildman–Crippen MR) is 75.1 cm³/mol. The third kappa shape index (κ3) is 3.14. The Morgan fingerprint density at radius 2 is 2.10 bits per heavy atom. The number of hydrogen-bond donors (Lipinski definition) is 2. The van der Waals surface area contributed by atoms with Gasteiger partial charge in [0.15, 0.2) is 5.82 Å². The van der Waals surface area contributed by atoms with Gasteiger partial charge in [-0.3, -0.25) is 4.72 Å². The van der Waals surface area contributed by atoms with Crippen LogP contribution in [0.4, 0.5) is 10.2 Å². The van der Waals surface area contributed by atoms with Crippen LogP contribution in [-0.2, 0) is 16.6 Å². The predicted octanol–water partition coefficient (Wildman–Crippen LogP) is 2.28. The van der Waals surface area contributed by atoms with Crippen molar-refractivity contribution in [3.05, 3.63) is 52.4 Å². The van der Waals surface area contributed by atoms with Gasteiger partial charge in [0.05, 0.1) is 11.1 Å². The van der Waals surface area contributed by atoms with Gasteiger partial charge in [0.1, 0.15) is 10.7 Å². The van der Waals surface area contributed by atoms with E-state index in [1.54, 1.807) is 12.1 Å². The third-order valence-electron chi connectivity index (χ3n) is 2.46. The number of pyridine rings is 1. The lowest BCUT2D eigenvalue weighted by atomic mass is 10.2. The fourth-order valence-corrected chi connectivity index (χ4v) is 3.14. The second kappa shape index (κ2) is 5.86. The van der Waals surface area contributed by atoms with Gasteiger partial charge in [0, 0.05) is 6.20 Å². The summed E-state index contributed by atoms with van der Waals surface area (Å²) in [6.07, 6.45) is 1.41. The Labute approximate surface area is 123 Å². The molecule has 0 aliphatic rings. The highest BCUT2D eigenvalue weighted by molar-refractivity contribution is 9.10. The molecule has 0 fully saturated rings. The number of aliphatic hydroxyl groups excluding tert-OH is 1. The molecule has 1 aromatic heterocycles. The molecule has 5 nitrogen and oxygen atoms in total. The van der Waals surface area contributed by atoms with E-state index >= 15 is 0 Å². The smallest absolute Gasteiger partial charge is 0.266 e. The van der Waals surface area contributed by atoms with Crippen LogP contribution < -0.4 is 4.72 Å². The quantitative estimate of drug-likeness (QED) is 0.876. The Kier molecular flexibility index (Phi) is 4.36. The molecule has 0 bridgehead atoms. The summed E-state index contributed by atoms with van der Waals surface area (Å²) in [7, 11) is -4.13. The lowest BCUT2D eigenvalue weighted by Crippen LogP contribution is -2.16. The zero-order valence-corrected chi connectivity index (χ0v) is 12.4. The van der Waals surface area contributed by atoms with E-state index < -0.39 is 20.7 Å². The van der Waals surface area contributed by atoms with Gasteiger partial charge >= 0.3 is 0 Å². The van der Waals surface area contributed by atoms with Crippen LogP contribution in [0.3, 0.4) is 0 Å². The molecule has 0 unspecified atom stereocenters. The molecule has 2 rings (SSSR count). The van der Waals surface area contributed by atoms with E-state index in [0.717, 1.165) is 12.1 Å². The van der Waals surface area contributed by atoms with Crippen molar-refractivity contribution in [3.8, 4) is 0 Å². The number of aliphatic hydroxyl groups is 1. The van der Waals surface area contributed by atoms with Crippen molar-refractivity contribution < 1.29 is 17.9 Å². The second-order valence-corrected chi connectivity index (χ2v) is 6.37. The van der Waals surface area contributed by atoms with Gasteiger partial charge in [-0.1, -0.05) is 6.07 Å². The molecule has 2 N–H and O–H groups in total. The van der Waals surface area contributed by atoms with Gasteiger partial charge in [0.25, 0.3) is 10.0 Å². The Morgan fingerprint density at radius 1 is 1.35 bits per heavy atom. The molecule has 8 heteroatoms. The minimum atomic E-state index is -4.13. The number of anilines is 1. The summed E-state index contributed by atoms with van der Waals surface area (Å²) < 4.78 is 40.6. The maximum atomic E-state index is 13.7. The minimum Gasteiger partial charge on any atom is -0.392 e. The normalized spacial score (nSPS) is 11.3. The molecular formula is C12H10BrFN2O3S. The molecule has 20 heavy (non-hydrogen) atoms. The molecule has 0 atom stereocenters. The molecule has 1 aromatic carbocycles. The number of rotatable bonds is 4. The number of halogens is 2. The highest BCUT2D eigenvalue weighted by Gasteiger charge is 2.21. The number of benzene rings is 1. The SMILES string of the molecule is O=S(=O)(Nc1ncccc1Br)c1cc(CO)ccc1F. The molecule has 1 heterocycles. The average molecular weight is 361 g/mol. The van der Waals surface area contributed by atoms with E-state index in [9.17, 15) is 12.8 Å². The van der Waals surface area contributed by atoms with Gasteiger partial charge in [0.2, 0.25) is 0 Å². The summed E-state index contributed by atoms with van der Waals surface area (Å²) in [6, 6.07) is 6.60. The molecular weight excluding hydrogens is 351 g/mol. The fraction of sp³-hybridized carbons (Fsp3) is 0.0833. The minimum absolute atomic E-state index is 0.0568. The molecule has 0 saturated carbocycles. The van der Waals surface area contributed by atoms with Crippen LogP contribution in [0.15, 0.2) is 45.9 Å². The van der Waals surface area contributed by atoms with Crippen molar-refractivity contribution in [2.45, 2.75) is 11.5 Å². The van der Waals surface area contributed by atoms with Crippen LogP contribution in [0.25, 0.3) is 0 Å². The summed E-state index contributed by atoms with van der Waals surface area (Å²) in [4.78, 5) is 3.31. The van der Waals surface area contributed by atoms with Gasteiger partial charge in [-0.2, -0.15) is 0 Å². The summed E-state index contributed by atoms with van der Waals surface area (Å²) in [5.74, 6) is -0.844. The fourth-order valence-electron chi connectivity index (χ4n) is 1.50. The van der Waals surface area contributed by atoms with Gasteiger partial charge in [-0.05, 0) is 45.8 Å². The summed E-state index contributed by atoms with van der Waals surface area (Å²) in [5.41, 5.74) is 0.298. The van der Waals surface area contributed by atoms with E-state index in [1.165, 1.54) is 12.3 Å². The average Bonchev–Trinajstić information content (AvgIpc) is 2.41. The zero-order valence-electron chi connectivity index (χ0n) is 10.0. The Hall–Kier alpha value is -1.51. The summed E-state index contributed by atoms with van der Waals surface area (Å²) >= 11 is 3.14. The first-order chi connectivity index (χ1) is 9.44. The van der Waals surface area contributed by atoms with Crippen molar-refractivity contribution in [1.29, 1.82) is 0 Å². The van der Waals surface area contributed by atoms with Crippen molar-refractivity contribution in [1.82, 2.24) is 4.98 Å². The van der Waals surface area contributed by atoms with E-state index in [4.69, 9.17) is 5.11 Å². The van der Waals surface area contributed by atoms with Crippen LogP contribution >= 0.6 is 15.9 Å². The van der Waals surface area contributed by atoms with Crippen molar-refractivity contribution in [2.24, 2.45) is 0 Å². The molecule has 0 amide bonds. The van der Waals surface area contributed by atoms with Crippen LogP contribution in [0.2, 0.25) is 0 Å². The summed E-state index contributed by atoms with van der Waals surface area (Å²) in [5, 5.41) is 8.99. The van der Waals surface area contributed by atoms with Crippen LogP contribution in [0, 0.1) is 5.82 Å². The van der Waals surface area contributed by atoms with Gasteiger partial charge in [-0.25, -0.2) is 17.8 Å². The second-order valence-electron chi connectivity index (χ2n) is 3.86. The maximum Gasteiger partial charge on any atom is 0.266 e. The largest absolute Gasteiger partial charge is 0.392 e.